The van der Waals surface area contributed by atoms with Gasteiger partial charge in [-0.05, 0) is 57.7 Å². The van der Waals surface area contributed by atoms with E-state index in [1.165, 1.54) is 5.57 Å². The number of allylic oxidation sites excluding steroid dienone is 2. The number of hydrogen-bond acceptors (Lipinski definition) is 2. The third kappa shape index (κ3) is 2.50. The Morgan fingerprint density at radius 3 is 2.91 bits per heavy atom. The second-order valence-electron chi connectivity index (χ2n) is 7.14. The molecule has 0 saturated carbocycles. The molecule has 0 saturated heterocycles. The van der Waals surface area contributed by atoms with Gasteiger partial charge in [-0.2, -0.15) is 0 Å². The van der Waals surface area contributed by atoms with E-state index in [0.717, 1.165) is 36.1 Å². The van der Waals surface area contributed by atoms with Gasteiger partial charge in [0.25, 0.3) is 0 Å². The summed E-state index contributed by atoms with van der Waals surface area (Å²) in [7, 11) is 0. The predicted octanol–water partition coefficient (Wildman–Crippen LogP) is 4.57. The zero-order valence-corrected chi connectivity index (χ0v) is 13.6. The lowest BCUT2D eigenvalue weighted by Crippen LogP contribution is -2.45. The molecule has 1 aromatic carbocycles. The summed E-state index contributed by atoms with van der Waals surface area (Å²) in [5, 5.41) is 10.6. The molecule has 2 heteroatoms. The third-order valence-electron chi connectivity index (χ3n) is 5.12. The Hall–Kier alpha value is -1.88. The molecule has 1 heterocycles. The van der Waals surface area contributed by atoms with Gasteiger partial charge < -0.3 is 9.84 Å². The molecular weight excluding hydrogens is 272 g/mol. The highest BCUT2D eigenvalue weighted by Crippen LogP contribution is 2.54. The summed E-state index contributed by atoms with van der Waals surface area (Å²) in [6.45, 7) is 6.50. The monoisotopic (exact) mass is 296 g/mol. The molecule has 2 nitrogen and oxygen atoms in total. The van der Waals surface area contributed by atoms with Crippen molar-refractivity contribution in [1.29, 1.82) is 0 Å². The maximum atomic E-state index is 10.6. The number of rotatable bonds is 2. The Morgan fingerprint density at radius 1 is 1.41 bits per heavy atom. The number of aromatic hydroxyl groups is 1. The van der Waals surface area contributed by atoms with Gasteiger partial charge in [-0.1, -0.05) is 11.6 Å². The number of aryl methyl sites for hydroxylation is 1. The first-order valence-corrected chi connectivity index (χ1v) is 8.06. The van der Waals surface area contributed by atoms with Crippen LogP contribution in [-0.2, 0) is 6.42 Å². The summed E-state index contributed by atoms with van der Waals surface area (Å²) in [6.07, 6.45) is 11.1. The van der Waals surface area contributed by atoms with Gasteiger partial charge in [0.15, 0.2) is 0 Å². The van der Waals surface area contributed by atoms with Crippen molar-refractivity contribution in [1.82, 2.24) is 0 Å². The van der Waals surface area contributed by atoms with Gasteiger partial charge >= 0.3 is 0 Å². The fraction of sp³-hybridized carbons (Fsp3) is 0.500. The molecule has 1 N–H and O–H groups in total. The molecule has 1 aromatic rings. The van der Waals surface area contributed by atoms with Crippen LogP contribution in [0.1, 0.15) is 57.1 Å². The molecule has 0 spiro atoms. The summed E-state index contributed by atoms with van der Waals surface area (Å²) in [4.78, 5) is 0. The second-order valence-corrected chi connectivity index (χ2v) is 7.14. The molecule has 2 atom stereocenters. The molecule has 1 aliphatic carbocycles. The van der Waals surface area contributed by atoms with Crippen molar-refractivity contribution < 1.29 is 9.84 Å². The molecule has 2 aliphatic rings. The van der Waals surface area contributed by atoms with Crippen molar-refractivity contribution in [3.63, 3.8) is 0 Å². The summed E-state index contributed by atoms with van der Waals surface area (Å²) < 4.78 is 6.28. The van der Waals surface area contributed by atoms with E-state index in [1.807, 2.05) is 6.07 Å². The quantitative estimate of drug-likeness (QED) is 0.640. The van der Waals surface area contributed by atoms with Gasteiger partial charge in [0, 0.05) is 23.8 Å². The Kier molecular flexibility index (Phi) is 3.68. The standard InChI is InChI=1S/C20H24O2/c1-5-6-7-14-11-17(21)19-15-10-13(2)8-9-16(15)20(3,4)22-18(19)12-14/h1,8,11-12,15-16,21H,6-7,9-10H2,2-4H3. The van der Waals surface area contributed by atoms with Crippen LogP contribution in [0.15, 0.2) is 23.8 Å². The van der Waals surface area contributed by atoms with Crippen LogP contribution in [-0.4, -0.2) is 10.7 Å². The Balaban J connectivity index is 2.06. The lowest BCUT2D eigenvalue weighted by Gasteiger charge is -2.47. The van der Waals surface area contributed by atoms with Crippen LogP contribution >= 0.6 is 0 Å². The first kappa shape index (κ1) is 15.0. The highest BCUT2D eigenvalue weighted by Gasteiger charge is 2.45. The van der Waals surface area contributed by atoms with Crippen LogP contribution in [0.5, 0.6) is 11.5 Å². The minimum Gasteiger partial charge on any atom is -0.508 e. The number of benzene rings is 1. The van der Waals surface area contributed by atoms with E-state index >= 15 is 0 Å². The highest BCUT2D eigenvalue weighted by atomic mass is 16.5. The summed E-state index contributed by atoms with van der Waals surface area (Å²) in [6, 6.07) is 3.93. The highest BCUT2D eigenvalue weighted by molar-refractivity contribution is 5.52. The minimum atomic E-state index is -0.216. The molecule has 1 aliphatic heterocycles. The normalized spacial score (nSPS) is 25.3. The van der Waals surface area contributed by atoms with Crippen LogP contribution < -0.4 is 4.74 Å². The van der Waals surface area contributed by atoms with Crippen molar-refractivity contribution >= 4 is 0 Å². The number of phenolic OH excluding ortho intramolecular Hbond substituents is 1. The van der Waals surface area contributed by atoms with E-state index in [-0.39, 0.29) is 5.60 Å². The number of hydrogen-bond donors (Lipinski definition) is 1. The number of phenols is 1. The van der Waals surface area contributed by atoms with Gasteiger partial charge in [-0.3, -0.25) is 0 Å². The first-order valence-electron chi connectivity index (χ1n) is 8.06. The topological polar surface area (TPSA) is 29.5 Å². The van der Waals surface area contributed by atoms with E-state index in [0.29, 0.717) is 24.0 Å². The van der Waals surface area contributed by atoms with Crippen LogP contribution in [0.3, 0.4) is 0 Å². The smallest absolute Gasteiger partial charge is 0.127 e. The number of fused-ring (bicyclic) bond motifs is 3. The summed E-state index contributed by atoms with van der Waals surface area (Å²) in [5.74, 6) is 4.61. The van der Waals surface area contributed by atoms with Crippen molar-refractivity contribution in [3.05, 3.63) is 34.9 Å². The molecule has 0 fully saturated rings. The van der Waals surface area contributed by atoms with E-state index in [1.54, 1.807) is 0 Å². The van der Waals surface area contributed by atoms with Crippen molar-refractivity contribution in [3.8, 4) is 23.8 Å². The van der Waals surface area contributed by atoms with Crippen molar-refractivity contribution in [2.24, 2.45) is 5.92 Å². The van der Waals surface area contributed by atoms with E-state index in [4.69, 9.17) is 11.2 Å². The Morgan fingerprint density at radius 2 is 2.18 bits per heavy atom. The molecule has 0 radical (unpaired) electrons. The molecule has 116 valence electrons. The van der Waals surface area contributed by atoms with Crippen LogP contribution in [0, 0.1) is 18.3 Å². The largest absolute Gasteiger partial charge is 0.508 e. The lowest BCUT2D eigenvalue weighted by atomic mass is 9.67. The third-order valence-corrected chi connectivity index (χ3v) is 5.12. The Labute approximate surface area is 133 Å². The SMILES string of the molecule is C#CCCc1cc(O)c2c(c1)OC(C)(C)C1CC=C(C)CC21. The maximum Gasteiger partial charge on any atom is 0.127 e. The van der Waals surface area contributed by atoms with Gasteiger partial charge in [-0.15, -0.1) is 12.3 Å². The molecular formula is C20H24O2. The Bertz CT molecular complexity index is 661. The minimum absolute atomic E-state index is 0.216. The average Bonchev–Trinajstić information content (AvgIpc) is 2.43. The van der Waals surface area contributed by atoms with Crippen molar-refractivity contribution in [2.45, 2.75) is 58.0 Å². The van der Waals surface area contributed by atoms with Crippen LogP contribution in [0.2, 0.25) is 0 Å². The average molecular weight is 296 g/mol. The summed E-state index contributed by atoms with van der Waals surface area (Å²) >= 11 is 0. The van der Waals surface area contributed by atoms with E-state index in [2.05, 4.69) is 38.8 Å². The summed E-state index contributed by atoms with van der Waals surface area (Å²) in [5.41, 5.74) is 3.22. The molecule has 0 aromatic heterocycles. The molecule has 22 heavy (non-hydrogen) atoms. The van der Waals surface area contributed by atoms with Crippen LogP contribution in [0.25, 0.3) is 0 Å². The lowest BCUT2D eigenvalue weighted by molar-refractivity contribution is 0.00753. The van der Waals surface area contributed by atoms with Crippen molar-refractivity contribution in [2.75, 3.05) is 0 Å². The molecule has 0 amide bonds. The number of terminal acetylenes is 1. The predicted molar refractivity (Wildman–Crippen MR) is 89.2 cm³/mol. The van der Waals surface area contributed by atoms with Gasteiger partial charge in [0.2, 0.25) is 0 Å². The maximum absolute atomic E-state index is 10.6. The second kappa shape index (κ2) is 5.39. The van der Waals surface area contributed by atoms with Gasteiger partial charge in [-0.25, -0.2) is 0 Å². The molecule has 2 unspecified atom stereocenters. The zero-order valence-electron chi connectivity index (χ0n) is 13.6. The molecule has 3 rings (SSSR count). The fourth-order valence-corrected chi connectivity index (χ4v) is 3.98. The zero-order chi connectivity index (χ0) is 15.9. The molecule has 0 bridgehead atoms. The van der Waals surface area contributed by atoms with Gasteiger partial charge in [0.05, 0.1) is 0 Å². The van der Waals surface area contributed by atoms with Crippen LogP contribution in [0.4, 0.5) is 0 Å². The van der Waals surface area contributed by atoms with Gasteiger partial charge in [0.1, 0.15) is 17.1 Å². The number of ether oxygens (including phenoxy) is 1. The first-order chi connectivity index (χ1) is 10.4. The van der Waals surface area contributed by atoms with E-state index < -0.39 is 0 Å². The van der Waals surface area contributed by atoms with E-state index in [9.17, 15) is 5.11 Å². The fourth-order valence-electron chi connectivity index (χ4n) is 3.98.